The summed E-state index contributed by atoms with van der Waals surface area (Å²) in [7, 11) is -2.29. The van der Waals surface area contributed by atoms with Gasteiger partial charge in [-0.3, -0.25) is 4.79 Å². The van der Waals surface area contributed by atoms with Gasteiger partial charge in [-0.2, -0.15) is 0 Å². The van der Waals surface area contributed by atoms with E-state index in [4.69, 9.17) is 11.6 Å². The van der Waals surface area contributed by atoms with Crippen molar-refractivity contribution in [3.8, 4) is 0 Å². The number of carbonyl (C=O) groups is 1. The maximum absolute atomic E-state index is 12.3. The normalized spacial score (nSPS) is 16.8. The number of nitrogens with one attached hydrogen (secondary N) is 2. The van der Waals surface area contributed by atoms with Gasteiger partial charge in [0.2, 0.25) is 10.0 Å². The van der Waals surface area contributed by atoms with Crippen LogP contribution in [0, 0.1) is 5.92 Å². The molecule has 1 heterocycles. The highest BCUT2D eigenvalue weighted by atomic mass is 35.5. The van der Waals surface area contributed by atoms with Crippen LogP contribution in [-0.4, -0.2) is 52.5 Å². The summed E-state index contributed by atoms with van der Waals surface area (Å²) in [5, 5.41) is 3.05. The number of sulfonamides is 1. The van der Waals surface area contributed by atoms with Gasteiger partial charge in [0, 0.05) is 6.54 Å². The molecule has 1 aromatic rings. The van der Waals surface area contributed by atoms with Crippen molar-refractivity contribution in [1.82, 2.24) is 14.9 Å². The summed E-state index contributed by atoms with van der Waals surface area (Å²) in [5.74, 6) is 0.449. The van der Waals surface area contributed by atoms with E-state index in [0.717, 1.165) is 32.0 Å². The minimum Gasteiger partial charge on any atom is -0.352 e. The van der Waals surface area contributed by atoms with Crippen LogP contribution < -0.4 is 10.0 Å². The van der Waals surface area contributed by atoms with Gasteiger partial charge in [0.25, 0.3) is 5.91 Å². The second-order valence-electron chi connectivity index (χ2n) is 6.48. The lowest BCUT2D eigenvalue weighted by Gasteiger charge is -2.30. The number of hydrogen-bond donors (Lipinski definition) is 2. The van der Waals surface area contributed by atoms with Crippen LogP contribution in [0.2, 0.25) is 5.02 Å². The molecule has 0 atom stereocenters. The number of rotatable bonds is 7. The standard InChI is InChI=1S/C17H26ClN3O3S/c1-13-6-10-21(11-7-13)9-3-8-20-17(22)15-12-14(4-5-16(15)18)25(23,24)19-2/h4-5,12-13,19H,3,6-11H2,1-2H3,(H,20,22). The molecular formula is C17H26ClN3O3S. The minimum absolute atomic E-state index is 0.0204. The molecule has 1 aliphatic heterocycles. The Balaban J connectivity index is 1.87. The van der Waals surface area contributed by atoms with Crippen molar-refractivity contribution >= 4 is 27.5 Å². The number of piperidine rings is 1. The molecule has 2 rings (SSSR count). The zero-order chi connectivity index (χ0) is 18.4. The van der Waals surface area contributed by atoms with E-state index in [1.807, 2.05) is 0 Å². The van der Waals surface area contributed by atoms with Crippen molar-refractivity contribution in [2.45, 2.75) is 31.1 Å². The third kappa shape index (κ3) is 5.67. The summed E-state index contributed by atoms with van der Waals surface area (Å²) in [5.41, 5.74) is 0.171. The summed E-state index contributed by atoms with van der Waals surface area (Å²) in [4.78, 5) is 14.7. The molecule has 0 spiro atoms. The van der Waals surface area contributed by atoms with Crippen molar-refractivity contribution in [1.29, 1.82) is 0 Å². The molecule has 0 radical (unpaired) electrons. The number of likely N-dealkylation sites (tertiary alicyclic amines) is 1. The van der Waals surface area contributed by atoms with Crippen LogP contribution in [0.25, 0.3) is 0 Å². The largest absolute Gasteiger partial charge is 0.352 e. The Morgan fingerprint density at radius 2 is 2.00 bits per heavy atom. The van der Waals surface area contributed by atoms with Gasteiger partial charge in [0.1, 0.15) is 0 Å². The van der Waals surface area contributed by atoms with Gasteiger partial charge in [0.15, 0.2) is 0 Å². The number of amides is 1. The van der Waals surface area contributed by atoms with Gasteiger partial charge in [-0.05, 0) is 70.1 Å². The Kier molecular flexibility index (Phi) is 7.25. The maximum Gasteiger partial charge on any atom is 0.252 e. The third-order valence-electron chi connectivity index (χ3n) is 4.57. The fourth-order valence-corrected chi connectivity index (χ4v) is 3.81. The fourth-order valence-electron chi connectivity index (χ4n) is 2.85. The molecule has 1 fully saturated rings. The molecule has 1 aromatic carbocycles. The number of hydrogen-bond acceptors (Lipinski definition) is 4. The van der Waals surface area contributed by atoms with Crippen LogP contribution in [0.1, 0.15) is 36.5 Å². The molecule has 8 heteroatoms. The average molecular weight is 388 g/mol. The lowest BCUT2D eigenvalue weighted by atomic mass is 9.99. The molecule has 140 valence electrons. The molecule has 25 heavy (non-hydrogen) atoms. The molecule has 2 N–H and O–H groups in total. The Labute approximate surface area is 155 Å². The first kappa shape index (κ1) is 20.2. The number of benzene rings is 1. The van der Waals surface area contributed by atoms with Gasteiger partial charge in [-0.25, -0.2) is 13.1 Å². The predicted octanol–water partition coefficient (Wildman–Crippen LogP) is 2.10. The smallest absolute Gasteiger partial charge is 0.252 e. The van der Waals surface area contributed by atoms with Gasteiger partial charge in [0.05, 0.1) is 15.5 Å². The Bertz CT molecular complexity index is 701. The first-order valence-electron chi connectivity index (χ1n) is 8.57. The maximum atomic E-state index is 12.3. The third-order valence-corrected chi connectivity index (χ3v) is 6.32. The van der Waals surface area contributed by atoms with Crippen molar-refractivity contribution in [3.05, 3.63) is 28.8 Å². The van der Waals surface area contributed by atoms with E-state index in [1.54, 1.807) is 0 Å². The quantitative estimate of drug-likeness (QED) is 0.702. The average Bonchev–Trinajstić information content (AvgIpc) is 2.60. The van der Waals surface area contributed by atoms with Crippen LogP contribution in [0.15, 0.2) is 23.1 Å². The highest BCUT2D eigenvalue weighted by Gasteiger charge is 2.18. The van der Waals surface area contributed by atoms with Gasteiger partial charge < -0.3 is 10.2 Å². The first-order valence-corrected chi connectivity index (χ1v) is 10.4. The zero-order valence-electron chi connectivity index (χ0n) is 14.7. The molecule has 0 unspecified atom stereocenters. The molecule has 1 amide bonds. The van der Waals surface area contributed by atoms with Crippen LogP contribution in [0.4, 0.5) is 0 Å². The van der Waals surface area contributed by atoms with Crippen LogP contribution in [-0.2, 0) is 10.0 Å². The molecule has 0 saturated carbocycles. The summed E-state index contributed by atoms with van der Waals surface area (Å²) in [6.07, 6.45) is 3.32. The zero-order valence-corrected chi connectivity index (χ0v) is 16.3. The van der Waals surface area contributed by atoms with E-state index in [0.29, 0.717) is 6.54 Å². The highest BCUT2D eigenvalue weighted by Crippen LogP contribution is 2.20. The topological polar surface area (TPSA) is 78.5 Å². The molecule has 1 saturated heterocycles. The minimum atomic E-state index is -3.61. The number of carbonyl (C=O) groups excluding carboxylic acids is 1. The lowest BCUT2D eigenvalue weighted by molar-refractivity contribution is 0.0950. The molecule has 0 bridgehead atoms. The molecule has 1 aliphatic rings. The SMILES string of the molecule is CNS(=O)(=O)c1ccc(Cl)c(C(=O)NCCCN2CCC(C)CC2)c1. The van der Waals surface area contributed by atoms with Crippen molar-refractivity contribution in [2.75, 3.05) is 33.2 Å². The van der Waals surface area contributed by atoms with E-state index < -0.39 is 10.0 Å². The lowest BCUT2D eigenvalue weighted by Crippen LogP contribution is -2.35. The Morgan fingerprint density at radius 3 is 2.64 bits per heavy atom. The molecule has 0 aromatic heterocycles. The number of nitrogens with zero attached hydrogens (tertiary/aromatic N) is 1. The molecule has 6 nitrogen and oxygen atoms in total. The van der Waals surface area contributed by atoms with Gasteiger partial charge >= 0.3 is 0 Å². The highest BCUT2D eigenvalue weighted by molar-refractivity contribution is 7.89. The monoisotopic (exact) mass is 387 g/mol. The van der Waals surface area contributed by atoms with E-state index in [-0.39, 0.29) is 21.4 Å². The second kappa shape index (κ2) is 8.98. The van der Waals surface area contributed by atoms with Gasteiger partial charge in [-0.1, -0.05) is 18.5 Å². The van der Waals surface area contributed by atoms with Crippen LogP contribution in [0.3, 0.4) is 0 Å². The summed E-state index contributed by atoms with van der Waals surface area (Å²) in [6, 6.07) is 4.10. The fraction of sp³-hybridized carbons (Fsp3) is 0.588. The predicted molar refractivity (Wildman–Crippen MR) is 99.5 cm³/mol. The van der Waals surface area contributed by atoms with Crippen molar-refractivity contribution < 1.29 is 13.2 Å². The molecular weight excluding hydrogens is 362 g/mol. The summed E-state index contributed by atoms with van der Waals surface area (Å²) < 4.78 is 25.9. The van der Waals surface area contributed by atoms with Crippen molar-refractivity contribution in [2.24, 2.45) is 5.92 Å². The second-order valence-corrected chi connectivity index (χ2v) is 8.78. The van der Waals surface area contributed by atoms with E-state index in [2.05, 4.69) is 21.9 Å². The number of halogens is 1. The summed E-state index contributed by atoms with van der Waals surface area (Å²) >= 11 is 6.05. The van der Waals surface area contributed by atoms with E-state index in [1.165, 1.54) is 38.1 Å². The van der Waals surface area contributed by atoms with Crippen molar-refractivity contribution in [3.63, 3.8) is 0 Å². The Hall–Kier alpha value is -1.15. The van der Waals surface area contributed by atoms with E-state index in [9.17, 15) is 13.2 Å². The van der Waals surface area contributed by atoms with E-state index >= 15 is 0 Å². The first-order chi connectivity index (χ1) is 11.8. The van der Waals surface area contributed by atoms with Crippen LogP contribution >= 0.6 is 11.6 Å². The van der Waals surface area contributed by atoms with Crippen LogP contribution in [0.5, 0.6) is 0 Å². The van der Waals surface area contributed by atoms with Gasteiger partial charge in [-0.15, -0.1) is 0 Å². The molecule has 0 aliphatic carbocycles. The Morgan fingerprint density at radius 1 is 1.32 bits per heavy atom. The summed E-state index contributed by atoms with van der Waals surface area (Å²) in [6.45, 7) is 6.00.